The summed E-state index contributed by atoms with van der Waals surface area (Å²) in [6.07, 6.45) is 0.698. The van der Waals surface area contributed by atoms with Gasteiger partial charge in [-0.3, -0.25) is 14.2 Å². The smallest absolute Gasteiger partial charge is 0.292 e. The zero-order chi connectivity index (χ0) is 21.6. The van der Waals surface area contributed by atoms with Crippen LogP contribution >= 0.6 is 57.5 Å². The first-order valence-corrected chi connectivity index (χ1v) is 11.6. The number of hydrogen-bond acceptors (Lipinski definition) is 5. The lowest BCUT2D eigenvalue weighted by Crippen LogP contribution is -2.39. The van der Waals surface area contributed by atoms with Gasteiger partial charge in [0.25, 0.3) is 5.56 Å². The summed E-state index contributed by atoms with van der Waals surface area (Å²) in [4.78, 5) is 40.8. The van der Waals surface area contributed by atoms with E-state index in [9.17, 15) is 14.4 Å². The Morgan fingerprint density at radius 2 is 1.83 bits per heavy atom. The van der Waals surface area contributed by atoms with Crippen molar-refractivity contribution in [3.05, 3.63) is 81.4 Å². The van der Waals surface area contributed by atoms with Gasteiger partial charge >= 0.3 is 5.69 Å². The molecule has 0 amide bonds. The van der Waals surface area contributed by atoms with Gasteiger partial charge in [0.2, 0.25) is 0 Å². The molecule has 4 aromatic rings. The standard InChI is InChI=1S/C20H13Cl3N2O3S2/c1-2-12-7-14-18(27)25(11-5-3-4-10(21)6-11)20(28)24(19(14)29-12)9-15(26)13-8-16(22)30-17(13)23/h3-8H,2,9H2,1H3. The fourth-order valence-corrected chi connectivity index (χ4v) is 5.88. The van der Waals surface area contributed by atoms with Crippen LogP contribution in [0.1, 0.15) is 22.2 Å². The summed E-state index contributed by atoms with van der Waals surface area (Å²) < 4.78 is 2.99. The molecule has 0 radical (unpaired) electrons. The Morgan fingerprint density at radius 1 is 1.07 bits per heavy atom. The highest BCUT2D eigenvalue weighted by molar-refractivity contribution is 7.20. The first kappa shape index (κ1) is 21.3. The van der Waals surface area contributed by atoms with Crippen molar-refractivity contribution >= 4 is 73.5 Å². The van der Waals surface area contributed by atoms with Crippen LogP contribution in [0.5, 0.6) is 0 Å². The van der Waals surface area contributed by atoms with Crippen LogP contribution in [-0.4, -0.2) is 14.9 Å². The summed E-state index contributed by atoms with van der Waals surface area (Å²) in [5.74, 6) is -0.366. The lowest BCUT2D eigenvalue weighted by molar-refractivity contribution is 0.0972. The fourth-order valence-electron chi connectivity index (χ4n) is 3.12. The highest BCUT2D eigenvalue weighted by atomic mass is 35.5. The lowest BCUT2D eigenvalue weighted by Gasteiger charge is -2.11. The van der Waals surface area contributed by atoms with Gasteiger partial charge in [-0.05, 0) is 36.8 Å². The van der Waals surface area contributed by atoms with E-state index in [-0.39, 0.29) is 22.2 Å². The summed E-state index contributed by atoms with van der Waals surface area (Å²) in [6, 6.07) is 9.71. The van der Waals surface area contributed by atoms with Crippen molar-refractivity contribution in [1.82, 2.24) is 9.13 Å². The molecule has 0 spiro atoms. The molecular formula is C20H13Cl3N2O3S2. The monoisotopic (exact) mass is 498 g/mol. The maximum absolute atomic E-state index is 13.4. The minimum Gasteiger partial charge on any atom is -0.292 e. The Labute approximate surface area is 193 Å². The number of benzene rings is 1. The number of halogens is 3. The SMILES string of the molecule is CCc1cc2c(=O)n(-c3cccc(Cl)c3)c(=O)n(CC(=O)c3cc(Cl)sc3Cl)c2s1. The zero-order valence-corrected chi connectivity index (χ0v) is 19.3. The van der Waals surface area contributed by atoms with Crippen molar-refractivity contribution in [3.63, 3.8) is 0 Å². The minimum absolute atomic E-state index is 0.250. The minimum atomic E-state index is -0.620. The Morgan fingerprint density at radius 3 is 2.47 bits per heavy atom. The number of hydrogen-bond donors (Lipinski definition) is 0. The van der Waals surface area contributed by atoms with E-state index in [1.54, 1.807) is 24.3 Å². The van der Waals surface area contributed by atoms with Gasteiger partial charge in [-0.1, -0.05) is 47.8 Å². The average Bonchev–Trinajstić information content (AvgIpc) is 3.28. The van der Waals surface area contributed by atoms with Gasteiger partial charge in [0, 0.05) is 9.90 Å². The van der Waals surface area contributed by atoms with Crippen molar-refractivity contribution in [2.45, 2.75) is 19.9 Å². The number of ketones is 1. The second-order valence-corrected chi connectivity index (χ2v) is 10.3. The van der Waals surface area contributed by atoms with Gasteiger partial charge in [0.05, 0.1) is 27.5 Å². The topological polar surface area (TPSA) is 61.1 Å². The van der Waals surface area contributed by atoms with Crippen molar-refractivity contribution in [2.24, 2.45) is 0 Å². The molecule has 0 aliphatic rings. The van der Waals surface area contributed by atoms with E-state index in [1.807, 2.05) is 6.92 Å². The Bertz CT molecular complexity index is 1420. The molecule has 4 rings (SSSR count). The van der Waals surface area contributed by atoms with Crippen LogP contribution in [0.3, 0.4) is 0 Å². The van der Waals surface area contributed by atoms with E-state index in [1.165, 1.54) is 28.0 Å². The summed E-state index contributed by atoms with van der Waals surface area (Å²) in [5, 5.41) is 0.763. The van der Waals surface area contributed by atoms with Crippen LogP contribution in [-0.2, 0) is 13.0 Å². The predicted molar refractivity (Wildman–Crippen MR) is 125 cm³/mol. The van der Waals surface area contributed by atoms with Crippen molar-refractivity contribution in [1.29, 1.82) is 0 Å². The molecule has 3 aromatic heterocycles. The molecule has 0 N–H and O–H groups in total. The van der Waals surface area contributed by atoms with Crippen LogP contribution in [0, 0.1) is 0 Å². The summed E-state index contributed by atoms with van der Waals surface area (Å²) in [5.41, 5.74) is -0.487. The highest BCUT2D eigenvalue weighted by Crippen LogP contribution is 2.32. The van der Waals surface area contributed by atoms with Crippen molar-refractivity contribution < 1.29 is 4.79 Å². The fraction of sp³-hybridized carbons (Fsp3) is 0.150. The molecule has 0 saturated heterocycles. The van der Waals surface area contributed by atoms with E-state index in [0.29, 0.717) is 31.7 Å². The summed E-state index contributed by atoms with van der Waals surface area (Å²) in [7, 11) is 0. The number of carbonyl (C=O) groups is 1. The molecule has 0 fully saturated rings. The van der Waals surface area contributed by atoms with E-state index < -0.39 is 11.2 Å². The normalized spacial score (nSPS) is 11.3. The summed E-state index contributed by atoms with van der Waals surface area (Å²) >= 11 is 20.5. The van der Waals surface area contributed by atoms with Crippen molar-refractivity contribution in [3.8, 4) is 5.69 Å². The molecule has 10 heteroatoms. The van der Waals surface area contributed by atoms with Gasteiger partial charge in [-0.25, -0.2) is 9.36 Å². The number of aryl methyl sites for hydroxylation is 1. The van der Waals surface area contributed by atoms with E-state index in [0.717, 1.165) is 20.8 Å². The van der Waals surface area contributed by atoms with Crippen LogP contribution < -0.4 is 11.2 Å². The van der Waals surface area contributed by atoms with Crippen LogP contribution in [0.25, 0.3) is 15.9 Å². The Balaban J connectivity index is 1.97. The van der Waals surface area contributed by atoms with Crippen molar-refractivity contribution in [2.75, 3.05) is 0 Å². The van der Waals surface area contributed by atoms with Gasteiger partial charge in [0.1, 0.15) is 9.17 Å². The maximum Gasteiger partial charge on any atom is 0.337 e. The molecule has 0 saturated carbocycles. The van der Waals surface area contributed by atoms with Gasteiger partial charge in [-0.2, -0.15) is 0 Å². The first-order chi connectivity index (χ1) is 14.3. The van der Waals surface area contributed by atoms with Crippen LogP contribution in [0.15, 0.2) is 46.0 Å². The number of nitrogens with zero attached hydrogens (tertiary/aromatic N) is 2. The summed E-state index contributed by atoms with van der Waals surface area (Å²) in [6.45, 7) is 1.69. The first-order valence-electron chi connectivity index (χ1n) is 8.82. The molecule has 30 heavy (non-hydrogen) atoms. The number of fused-ring (bicyclic) bond motifs is 1. The molecule has 154 valence electrons. The number of Topliss-reactive ketones (excluding diaryl/α,β-unsaturated/α-hetero) is 1. The molecule has 0 aliphatic heterocycles. The van der Waals surface area contributed by atoms with Gasteiger partial charge < -0.3 is 0 Å². The number of carbonyl (C=O) groups excluding carboxylic acids is 1. The average molecular weight is 500 g/mol. The second-order valence-electron chi connectivity index (χ2n) is 6.44. The third-order valence-corrected chi connectivity index (χ3v) is 7.56. The van der Waals surface area contributed by atoms with E-state index in [4.69, 9.17) is 34.8 Å². The largest absolute Gasteiger partial charge is 0.337 e. The maximum atomic E-state index is 13.4. The van der Waals surface area contributed by atoms with Gasteiger partial charge in [0.15, 0.2) is 5.78 Å². The van der Waals surface area contributed by atoms with E-state index in [2.05, 4.69) is 0 Å². The number of aromatic nitrogens is 2. The molecule has 0 unspecified atom stereocenters. The third-order valence-electron chi connectivity index (χ3n) is 4.54. The van der Waals surface area contributed by atoms with Crippen LogP contribution in [0.4, 0.5) is 0 Å². The van der Waals surface area contributed by atoms with Gasteiger partial charge in [-0.15, -0.1) is 22.7 Å². The zero-order valence-electron chi connectivity index (χ0n) is 15.4. The quantitative estimate of drug-likeness (QED) is 0.332. The Kier molecular flexibility index (Phi) is 5.92. The Hall–Kier alpha value is -1.90. The molecule has 0 bridgehead atoms. The molecule has 1 aromatic carbocycles. The number of thiophene rings is 2. The number of rotatable bonds is 5. The molecule has 0 atom stereocenters. The molecule has 5 nitrogen and oxygen atoms in total. The van der Waals surface area contributed by atoms with E-state index >= 15 is 0 Å². The lowest BCUT2D eigenvalue weighted by atomic mass is 10.2. The predicted octanol–water partition coefficient (Wildman–Crippen LogP) is 5.68. The second kappa shape index (κ2) is 8.32. The molecular weight excluding hydrogens is 487 g/mol. The molecule has 0 aliphatic carbocycles. The third kappa shape index (κ3) is 3.76. The molecule has 3 heterocycles. The highest BCUT2D eigenvalue weighted by Gasteiger charge is 2.21. The van der Waals surface area contributed by atoms with Crippen LogP contribution in [0.2, 0.25) is 13.7 Å².